The number of hydrogen-bond acceptors (Lipinski definition) is 12. The highest BCUT2D eigenvalue weighted by Gasteiger charge is 2.53. The Morgan fingerprint density at radius 1 is 1.06 bits per heavy atom. The van der Waals surface area contributed by atoms with E-state index in [4.69, 9.17) is 28.4 Å². The fraction of sp³-hybridized carbons (Fsp3) is 0.732. The highest BCUT2D eigenvalue weighted by atomic mass is 16.7. The predicted octanol–water partition coefficient (Wildman–Crippen LogP) is 5.04. The highest BCUT2D eigenvalue weighted by molar-refractivity contribution is 5.86. The van der Waals surface area contributed by atoms with Crippen LogP contribution in [0, 0.1) is 30.6 Å². The van der Waals surface area contributed by atoms with Crippen LogP contribution >= 0.6 is 0 Å². The molecule has 0 spiro atoms. The maximum absolute atomic E-state index is 14.2. The van der Waals surface area contributed by atoms with Crippen LogP contribution in [0.25, 0.3) is 0 Å². The first-order valence-electron chi connectivity index (χ1n) is 18.9. The molecule has 2 fully saturated rings. The Hall–Kier alpha value is -2.87. The average molecular weight is 748 g/mol. The van der Waals surface area contributed by atoms with E-state index in [2.05, 4.69) is 0 Å². The number of allylic oxidation sites excluding steroid dienone is 1. The summed E-state index contributed by atoms with van der Waals surface area (Å²) in [6.07, 6.45) is -2.64. The van der Waals surface area contributed by atoms with Gasteiger partial charge in [-0.1, -0.05) is 45.9 Å². The van der Waals surface area contributed by atoms with Crippen LogP contribution in [0.1, 0.15) is 87.1 Å². The van der Waals surface area contributed by atoms with E-state index in [-0.39, 0.29) is 36.6 Å². The number of ketones is 2. The second kappa shape index (κ2) is 18.6. The number of carbonyl (C=O) groups is 3. The number of aliphatic hydroxyl groups excluding tert-OH is 1. The van der Waals surface area contributed by atoms with E-state index < -0.39 is 77.7 Å². The number of Topliss-reactive ketones (excluding diaryl/α,β-unsaturated/α-hetero) is 1. The van der Waals surface area contributed by atoms with Crippen molar-refractivity contribution in [1.29, 1.82) is 0 Å². The number of likely N-dealkylation sites (N-methyl/N-ethyl adjacent to an activating group) is 1. The molecule has 2 aliphatic rings. The summed E-state index contributed by atoms with van der Waals surface area (Å²) < 4.78 is 38.8. The quantitative estimate of drug-likeness (QED) is 0.188. The number of para-hydroxylation sites is 1. The Morgan fingerprint density at radius 3 is 2.26 bits per heavy atom. The zero-order valence-electron chi connectivity index (χ0n) is 34.0. The molecule has 2 aliphatic heterocycles. The lowest BCUT2D eigenvalue weighted by atomic mass is 9.74. The molecule has 14 atom stereocenters. The number of cyclic esters (lactones) is 1. The predicted molar refractivity (Wildman–Crippen MR) is 200 cm³/mol. The van der Waals surface area contributed by atoms with Crippen molar-refractivity contribution < 1.29 is 53.0 Å². The van der Waals surface area contributed by atoms with Crippen LogP contribution in [-0.2, 0) is 38.1 Å². The van der Waals surface area contributed by atoms with Gasteiger partial charge in [-0.3, -0.25) is 14.4 Å². The van der Waals surface area contributed by atoms with E-state index in [0.717, 1.165) is 5.56 Å². The molecule has 2 N–H and O–H groups in total. The number of benzene rings is 1. The molecule has 12 nitrogen and oxygen atoms in total. The molecule has 12 heteroatoms. The van der Waals surface area contributed by atoms with E-state index in [0.29, 0.717) is 12.2 Å². The number of esters is 1. The van der Waals surface area contributed by atoms with Gasteiger partial charge in [0.25, 0.3) is 0 Å². The monoisotopic (exact) mass is 747 g/mol. The summed E-state index contributed by atoms with van der Waals surface area (Å²) in [4.78, 5) is 42.1. The summed E-state index contributed by atoms with van der Waals surface area (Å²) in [5, 5.41) is 23.1. The summed E-state index contributed by atoms with van der Waals surface area (Å²) in [7, 11) is 5.43. The van der Waals surface area contributed by atoms with Crippen molar-refractivity contribution in [2.24, 2.45) is 23.7 Å². The van der Waals surface area contributed by atoms with Crippen LogP contribution in [0.3, 0.4) is 0 Å². The molecule has 300 valence electrons. The Kier molecular flexibility index (Phi) is 15.7. The number of hydrogen-bond donors (Lipinski definition) is 2. The van der Waals surface area contributed by atoms with Crippen LogP contribution in [-0.4, -0.2) is 114 Å². The third-order valence-electron chi connectivity index (χ3n) is 11.4. The van der Waals surface area contributed by atoms with Gasteiger partial charge in [0, 0.05) is 30.9 Å². The molecule has 1 aromatic carbocycles. The Bertz CT molecular complexity index is 1410. The topological polar surface area (TPSA) is 150 Å². The number of aliphatic hydroxyl groups is 2. The Labute approximate surface area is 316 Å². The number of methoxy groups -OCH3 is 1. The van der Waals surface area contributed by atoms with E-state index in [9.17, 15) is 24.6 Å². The first-order valence-corrected chi connectivity index (χ1v) is 18.9. The molecule has 0 amide bonds. The summed E-state index contributed by atoms with van der Waals surface area (Å²) in [5.74, 6) is -3.77. The molecule has 0 unspecified atom stereocenters. The third-order valence-corrected chi connectivity index (χ3v) is 11.4. The lowest BCUT2D eigenvalue weighted by Crippen LogP contribution is -2.61. The van der Waals surface area contributed by atoms with Crippen LogP contribution in [0.5, 0.6) is 5.75 Å². The van der Waals surface area contributed by atoms with Gasteiger partial charge in [0.1, 0.15) is 29.3 Å². The van der Waals surface area contributed by atoms with Crippen molar-refractivity contribution in [3.8, 4) is 5.75 Å². The third kappa shape index (κ3) is 10.5. The van der Waals surface area contributed by atoms with Gasteiger partial charge in [-0.2, -0.15) is 0 Å². The molecule has 3 rings (SSSR count). The Balaban J connectivity index is 2.27. The van der Waals surface area contributed by atoms with Crippen molar-refractivity contribution in [2.45, 2.75) is 149 Å². The fourth-order valence-corrected chi connectivity index (χ4v) is 7.98. The average Bonchev–Trinajstić information content (AvgIpc) is 3.10. The Morgan fingerprint density at radius 2 is 1.70 bits per heavy atom. The number of ether oxygens (including phenoxy) is 6. The largest absolute Gasteiger partial charge is 0.491 e. The smallest absolute Gasteiger partial charge is 0.312 e. The fourth-order valence-electron chi connectivity index (χ4n) is 7.98. The van der Waals surface area contributed by atoms with Gasteiger partial charge < -0.3 is 43.5 Å². The van der Waals surface area contributed by atoms with Gasteiger partial charge in [0.05, 0.1) is 42.1 Å². The maximum Gasteiger partial charge on any atom is 0.312 e. The molecular weight excluding hydrogens is 682 g/mol. The van der Waals surface area contributed by atoms with Crippen molar-refractivity contribution in [1.82, 2.24) is 4.90 Å². The van der Waals surface area contributed by atoms with E-state index in [1.54, 1.807) is 34.8 Å². The van der Waals surface area contributed by atoms with Gasteiger partial charge in [-0.15, -0.1) is 0 Å². The summed E-state index contributed by atoms with van der Waals surface area (Å²) >= 11 is 0. The van der Waals surface area contributed by atoms with Crippen molar-refractivity contribution in [3.63, 3.8) is 0 Å². The first-order chi connectivity index (χ1) is 24.7. The van der Waals surface area contributed by atoms with Crippen molar-refractivity contribution in [3.05, 3.63) is 42.2 Å². The number of nitrogens with zero attached hydrogens (tertiary/aromatic N) is 1. The van der Waals surface area contributed by atoms with Gasteiger partial charge in [0.2, 0.25) is 0 Å². The number of aryl methyl sites for hydroxylation is 1. The first kappa shape index (κ1) is 44.5. The molecule has 2 heterocycles. The van der Waals surface area contributed by atoms with Crippen LogP contribution in [0.15, 0.2) is 36.6 Å². The van der Waals surface area contributed by atoms with Gasteiger partial charge in [-0.25, -0.2) is 0 Å². The normalized spacial score (nSPS) is 39.4. The van der Waals surface area contributed by atoms with Crippen molar-refractivity contribution >= 4 is 17.5 Å². The van der Waals surface area contributed by atoms with Gasteiger partial charge in [-0.05, 0) is 86.5 Å². The molecule has 1 aromatic rings. The minimum absolute atomic E-state index is 0.152. The lowest BCUT2D eigenvalue weighted by molar-refractivity contribution is -0.301. The minimum Gasteiger partial charge on any atom is -0.491 e. The highest BCUT2D eigenvalue weighted by Crippen LogP contribution is 2.41. The zero-order valence-corrected chi connectivity index (χ0v) is 34.0. The maximum atomic E-state index is 14.2. The zero-order chi connectivity index (χ0) is 40.0. The molecule has 0 bridgehead atoms. The van der Waals surface area contributed by atoms with Crippen LogP contribution in [0.4, 0.5) is 0 Å². The molecular formula is C41H65NO11. The molecule has 0 aliphatic carbocycles. The van der Waals surface area contributed by atoms with Gasteiger partial charge >= 0.3 is 5.97 Å². The molecule has 2 saturated heterocycles. The second-order valence-corrected chi connectivity index (χ2v) is 16.0. The van der Waals surface area contributed by atoms with Crippen LogP contribution in [0.2, 0.25) is 0 Å². The standard InChI is InChI=1S/C41H65NO11/c1-14-32-41(10,47)36(45)27(6)33(44)24(3)22-40(9,48-13)37(28(7)34(29(8)38(46)52-32)51-31-18-16-15-17-23(31)2)53-39-35(49-20-19-25(4)43)30(42(11)12)21-26(5)50-39/h15-20,24,26-30,32,34-37,39,45,47H,14,21-22H2,1-13H3/b20-19+/t24-,26-,27+,28+,29-,30+,32-,34+,35-,36-,37-,39+,40+,41-/m1/s1. The summed E-state index contributed by atoms with van der Waals surface area (Å²) in [6.45, 7) is 17.3. The molecule has 0 saturated carbocycles. The van der Waals surface area contributed by atoms with E-state index >= 15 is 0 Å². The SMILES string of the molecule is CC[C@H]1OC(=O)[C@H](C)[C@@H](Oc2ccccc2C)[C@H](C)[C@@H](O[C@@H]2O[C@H](C)C[C@H](N(C)C)[C@H]2O/C=C/C(C)=O)[C@@](C)(OC)C[C@@H](C)C(=O)[C@H](C)[C@@H](O)[C@]1(C)O. The molecule has 53 heavy (non-hydrogen) atoms. The van der Waals surface area contributed by atoms with Gasteiger partial charge in [0.15, 0.2) is 18.2 Å². The number of rotatable bonds is 10. The van der Waals surface area contributed by atoms with E-state index in [1.807, 2.05) is 71.0 Å². The van der Waals surface area contributed by atoms with Crippen LogP contribution < -0.4 is 4.74 Å². The lowest BCUT2D eigenvalue weighted by Gasteiger charge is -2.49. The summed E-state index contributed by atoms with van der Waals surface area (Å²) in [5.41, 5.74) is -2.28. The van der Waals surface area contributed by atoms with E-state index in [1.165, 1.54) is 26.2 Å². The molecule has 0 radical (unpaired) electrons. The minimum atomic E-state index is -1.93. The summed E-state index contributed by atoms with van der Waals surface area (Å²) in [6, 6.07) is 7.31. The second-order valence-electron chi connectivity index (χ2n) is 16.0. The van der Waals surface area contributed by atoms with Crippen molar-refractivity contribution in [2.75, 3.05) is 21.2 Å². The molecule has 0 aromatic heterocycles. The number of carbonyl (C=O) groups excluding carboxylic acids is 3.